The van der Waals surface area contributed by atoms with Crippen molar-refractivity contribution >= 4 is 23.6 Å². The highest BCUT2D eigenvalue weighted by Gasteiger charge is 2.33. The lowest BCUT2D eigenvalue weighted by atomic mass is 10.1. The number of hydrogen-bond donors (Lipinski definition) is 0. The largest absolute Gasteiger partial charge is 0.493 e. The second-order valence-corrected chi connectivity index (χ2v) is 8.76. The van der Waals surface area contributed by atoms with E-state index >= 15 is 0 Å². The quantitative estimate of drug-likeness (QED) is 0.672. The Morgan fingerprint density at radius 2 is 1.79 bits per heavy atom. The molecule has 0 unspecified atom stereocenters. The molecule has 1 aromatic rings. The van der Waals surface area contributed by atoms with Gasteiger partial charge in [0, 0.05) is 45.2 Å². The van der Waals surface area contributed by atoms with Crippen LogP contribution in [0.5, 0.6) is 11.5 Å². The molecular weight excluding hydrogens is 390 g/mol. The third-order valence-corrected chi connectivity index (χ3v) is 6.75. The Labute approximate surface area is 177 Å². The molecule has 3 rings (SSSR count). The van der Waals surface area contributed by atoms with Crippen LogP contribution in [0.3, 0.4) is 0 Å². The molecule has 0 bridgehead atoms. The Bertz CT molecular complexity index is 735. The molecule has 7 nitrogen and oxygen atoms in total. The van der Waals surface area contributed by atoms with E-state index in [9.17, 15) is 9.59 Å². The topological polar surface area (TPSA) is 62.3 Å². The number of piperazine rings is 1. The van der Waals surface area contributed by atoms with Gasteiger partial charge in [-0.3, -0.25) is 14.5 Å². The third kappa shape index (κ3) is 4.98. The molecular formula is C21H31N3O4S. The molecule has 0 aliphatic carbocycles. The summed E-state index contributed by atoms with van der Waals surface area (Å²) in [7, 11) is 3.24. The standard InChI is InChI=1S/C21H31N3O4S/c1-15(2)20(26)23-10-7-22(8-11-23)9-12-24-19(25)14-29-21(24)16-5-6-17(27-3)18(13-16)28-4/h5-6,13,15,21H,7-12,14H2,1-4H3/t21-/m1/s1. The van der Waals surface area contributed by atoms with Gasteiger partial charge in [-0.15, -0.1) is 11.8 Å². The number of hydrogen-bond acceptors (Lipinski definition) is 6. The second-order valence-electron chi connectivity index (χ2n) is 7.69. The van der Waals surface area contributed by atoms with E-state index in [4.69, 9.17) is 9.47 Å². The molecule has 0 aromatic heterocycles. The van der Waals surface area contributed by atoms with E-state index in [1.165, 1.54) is 0 Å². The van der Waals surface area contributed by atoms with Gasteiger partial charge in [-0.05, 0) is 17.7 Å². The van der Waals surface area contributed by atoms with E-state index in [0.717, 1.165) is 38.3 Å². The Balaban J connectivity index is 1.59. The zero-order chi connectivity index (χ0) is 21.0. The maximum Gasteiger partial charge on any atom is 0.233 e. The van der Waals surface area contributed by atoms with Gasteiger partial charge in [0.2, 0.25) is 11.8 Å². The molecule has 0 radical (unpaired) electrons. The Kier molecular flexibility index (Phi) is 7.29. The number of nitrogens with zero attached hydrogens (tertiary/aromatic N) is 3. The zero-order valence-electron chi connectivity index (χ0n) is 17.7. The lowest BCUT2D eigenvalue weighted by molar-refractivity contribution is -0.136. The summed E-state index contributed by atoms with van der Waals surface area (Å²) in [5.74, 6) is 2.30. The molecule has 2 saturated heterocycles. The number of rotatable bonds is 7. The van der Waals surface area contributed by atoms with Gasteiger partial charge < -0.3 is 19.3 Å². The first-order chi connectivity index (χ1) is 13.9. The minimum Gasteiger partial charge on any atom is -0.493 e. The number of amides is 2. The molecule has 8 heteroatoms. The highest BCUT2D eigenvalue weighted by atomic mass is 32.2. The molecule has 1 aromatic carbocycles. The van der Waals surface area contributed by atoms with Gasteiger partial charge in [-0.1, -0.05) is 19.9 Å². The van der Waals surface area contributed by atoms with E-state index < -0.39 is 0 Å². The monoisotopic (exact) mass is 421 g/mol. The summed E-state index contributed by atoms with van der Waals surface area (Å²) in [6, 6.07) is 5.85. The fourth-order valence-corrected chi connectivity index (χ4v) is 4.99. The van der Waals surface area contributed by atoms with Crippen LogP contribution in [0.1, 0.15) is 24.8 Å². The van der Waals surface area contributed by atoms with Crippen LogP contribution in [0.4, 0.5) is 0 Å². The van der Waals surface area contributed by atoms with Crippen LogP contribution in [-0.2, 0) is 9.59 Å². The highest BCUT2D eigenvalue weighted by molar-refractivity contribution is 8.00. The van der Waals surface area contributed by atoms with Crippen molar-refractivity contribution in [2.24, 2.45) is 5.92 Å². The van der Waals surface area contributed by atoms with Crippen LogP contribution in [0.15, 0.2) is 18.2 Å². The maximum absolute atomic E-state index is 12.5. The minimum absolute atomic E-state index is 0.00823. The number of methoxy groups -OCH3 is 2. The van der Waals surface area contributed by atoms with Crippen LogP contribution < -0.4 is 9.47 Å². The fourth-order valence-electron chi connectivity index (χ4n) is 3.78. The number of carbonyl (C=O) groups excluding carboxylic acids is 2. The Morgan fingerprint density at radius 1 is 1.10 bits per heavy atom. The second kappa shape index (κ2) is 9.71. The van der Waals surface area contributed by atoms with E-state index in [1.807, 2.05) is 41.8 Å². The Morgan fingerprint density at radius 3 is 2.41 bits per heavy atom. The molecule has 2 fully saturated rings. The summed E-state index contributed by atoms with van der Waals surface area (Å²) >= 11 is 1.65. The summed E-state index contributed by atoms with van der Waals surface area (Å²) in [5, 5.41) is -0.00823. The summed E-state index contributed by atoms with van der Waals surface area (Å²) in [5.41, 5.74) is 1.05. The summed E-state index contributed by atoms with van der Waals surface area (Å²) in [6.45, 7) is 8.63. The minimum atomic E-state index is -0.00823. The van der Waals surface area contributed by atoms with E-state index in [-0.39, 0.29) is 23.1 Å². The lowest BCUT2D eigenvalue weighted by Crippen LogP contribution is -2.51. The van der Waals surface area contributed by atoms with Gasteiger partial charge in [-0.2, -0.15) is 0 Å². The van der Waals surface area contributed by atoms with Crippen molar-refractivity contribution in [1.29, 1.82) is 0 Å². The third-order valence-electron chi connectivity index (χ3n) is 5.50. The molecule has 2 heterocycles. The van der Waals surface area contributed by atoms with Gasteiger partial charge in [0.15, 0.2) is 11.5 Å². The van der Waals surface area contributed by atoms with Gasteiger partial charge >= 0.3 is 0 Å². The van der Waals surface area contributed by atoms with Crippen LogP contribution >= 0.6 is 11.8 Å². The molecule has 29 heavy (non-hydrogen) atoms. The smallest absolute Gasteiger partial charge is 0.233 e. The molecule has 2 aliphatic heterocycles. The van der Waals surface area contributed by atoms with E-state index in [2.05, 4.69) is 4.90 Å². The molecule has 2 aliphatic rings. The SMILES string of the molecule is COc1ccc([C@H]2SCC(=O)N2CCN2CCN(C(=O)C(C)C)CC2)cc1OC. The van der Waals surface area contributed by atoms with Gasteiger partial charge in [0.1, 0.15) is 5.37 Å². The van der Waals surface area contributed by atoms with Crippen molar-refractivity contribution in [3.8, 4) is 11.5 Å². The summed E-state index contributed by atoms with van der Waals surface area (Å²) < 4.78 is 10.7. The van der Waals surface area contributed by atoms with Crippen LogP contribution in [-0.4, -0.2) is 85.8 Å². The lowest BCUT2D eigenvalue weighted by Gasteiger charge is -2.36. The highest BCUT2D eigenvalue weighted by Crippen LogP contribution is 2.41. The first-order valence-electron chi connectivity index (χ1n) is 10.1. The van der Waals surface area contributed by atoms with Gasteiger partial charge in [0.05, 0.1) is 20.0 Å². The summed E-state index contributed by atoms with van der Waals surface area (Å²) in [4.78, 5) is 30.9. The van der Waals surface area contributed by atoms with E-state index in [1.54, 1.807) is 26.0 Å². The number of ether oxygens (including phenoxy) is 2. The van der Waals surface area contributed by atoms with Crippen molar-refractivity contribution in [2.75, 3.05) is 59.2 Å². The van der Waals surface area contributed by atoms with Crippen molar-refractivity contribution in [3.05, 3.63) is 23.8 Å². The average molecular weight is 422 g/mol. The molecule has 160 valence electrons. The normalized spacial score (nSPS) is 20.4. The number of thioether (sulfide) groups is 1. The van der Waals surface area contributed by atoms with Crippen LogP contribution in [0, 0.1) is 5.92 Å². The molecule has 2 amide bonds. The fraction of sp³-hybridized carbons (Fsp3) is 0.619. The van der Waals surface area contributed by atoms with Crippen LogP contribution in [0.25, 0.3) is 0 Å². The van der Waals surface area contributed by atoms with Crippen LogP contribution in [0.2, 0.25) is 0 Å². The predicted octanol–water partition coefficient (Wildman–Crippen LogP) is 2.08. The number of benzene rings is 1. The first-order valence-corrected chi connectivity index (χ1v) is 11.1. The number of carbonyl (C=O) groups is 2. The molecule has 0 saturated carbocycles. The maximum atomic E-state index is 12.5. The van der Waals surface area contributed by atoms with Crippen molar-refractivity contribution in [3.63, 3.8) is 0 Å². The molecule has 0 spiro atoms. The van der Waals surface area contributed by atoms with Crippen molar-refractivity contribution in [1.82, 2.24) is 14.7 Å². The zero-order valence-corrected chi connectivity index (χ0v) is 18.5. The van der Waals surface area contributed by atoms with Crippen molar-refractivity contribution < 1.29 is 19.1 Å². The molecule has 1 atom stereocenters. The summed E-state index contributed by atoms with van der Waals surface area (Å²) in [6.07, 6.45) is 0. The first kappa shape index (κ1) is 21.8. The average Bonchev–Trinajstić information content (AvgIpc) is 3.11. The van der Waals surface area contributed by atoms with E-state index in [0.29, 0.717) is 23.8 Å². The molecule has 0 N–H and O–H groups in total. The predicted molar refractivity (Wildman–Crippen MR) is 114 cm³/mol. The Hall–Kier alpha value is -1.93. The van der Waals surface area contributed by atoms with Crippen molar-refractivity contribution in [2.45, 2.75) is 19.2 Å². The van der Waals surface area contributed by atoms with Gasteiger partial charge in [0.25, 0.3) is 0 Å². The van der Waals surface area contributed by atoms with Gasteiger partial charge in [-0.25, -0.2) is 0 Å².